The van der Waals surface area contributed by atoms with Gasteiger partial charge in [0.05, 0.1) is 24.1 Å². The van der Waals surface area contributed by atoms with Crippen molar-refractivity contribution in [1.82, 2.24) is 30.3 Å². The number of likely N-dealkylation sites (tertiary alicyclic amines) is 1. The number of benzene rings is 2. The van der Waals surface area contributed by atoms with Crippen LogP contribution in [0.4, 0.5) is 0 Å². The van der Waals surface area contributed by atoms with Crippen LogP contribution in [0.5, 0.6) is 0 Å². The first-order valence-electron chi connectivity index (χ1n) is 11.0. The van der Waals surface area contributed by atoms with Gasteiger partial charge >= 0.3 is 0 Å². The molecule has 2 N–H and O–H groups in total. The van der Waals surface area contributed by atoms with E-state index in [1.165, 1.54) is 5.56 Å². The van der Waals surface area contributed by atoms with Gasteiger partial charge in [-0.15, -0.1) is 0 Å². The number of H-pyrrole nitrogens is 1. The minimum Gasteiger partial charge on any atom is -0.347 e. The summed E-state index contributed by atoms with van der Waals surface area (Å²) < 4.78 is 5.28. The molecule has 0 aliphatic carbocycles. The van der Waals surface area contributed by atoms with E-state index in [0.29, 0.717) is 11.7 Å². The number of amides is 1. The average Bonchev–Trinajstić information content (AvgIpc) is 3.45. The van der Waals surface area contributed by atoms with E-state index in [2.05, 4.69) is 49.4 Å². The molecule has 2 aromatic carbocycles. The van der Waals surface area contributed by atoms with Crippen molar-refractivity contribution in [3.05, 3.63) is 65.8 Å². The third kappa shape index (κ3) is 4.55. The number of aryl methyl sites for hydroxylation is 1. The first-order chi connectivity index (χ1) is 15.6. The molecule has 0 spiro atoms. The summed E-state index contributed by atoms with van der Waals surface area (Å²) in [6.45, 7) is 4.83. The van der Waals surface area contributed by atoms with Crippen molar-refractivity contribution in [2.45, 2.75) is 32.9 Å². The first kappa shape index (κ1) is 20.4. The smallest absolute Gasteiger partial charge is 0.246 e. The molecule has 164 valence electrons. The number of nitrogens with zero attached hydrogens (tertiary/aromatic N) is 4. The van der Waals surface area contributed by atoms with Crippen LogP contribution in [0, 0.1) is 12.8 Å². The Labute approximate surface area is 186 Å². The normalized spacial score (nSPS) is 15.3. The maximum absolute atomic E-state index is 12.6. The van der Waals surface area contributed by atoms with Crippen LogP contribution in [0.1, 0.15) is 30.1 Å². The number of carbonyl (C=O) groups excluding carboxylic acids is 1. The van der Waals surface area contributed by atoms with Gasteiger partial charge in [-0.05, 0) is 50.6 Å². The van der Waals surface area contributed by atoms with Gasteiger partial charge in [0.1, 0.15) is 5.82 Å². The largest absolute Gasteiger partial charge is 0.347 e. The number of rotatable bonds is 6. The van der Waals surface area contributed by atoms with E-state index < -0.39 is 0 Å². The molecule has 2 aromatic heterocycles. The van der Waals surface area contributed by atoms with Gasteiger partial charge in [0.15, 0.2) is 0 Å². The van der Waals surface area contributed by atoms with Gasteiger partial charge in [-0.3, -0.25) is 9.69 Å². The van der Waals surface area contributed by atoms with E-state index >= 15 is 0 Å². The number of piperidine rings is 1. The average molecular weight is 431 g/mol. The zero-order chi connectivity index (χ0) is 21.9. The van der Waals surface area contributed by atoms with Crippen molar-refractivity contribution >= 4 is 16.9 Å². The number of nitrogens with one attached hydrogen (secondary N) is 2. The summed E-state index contributed by atoms with van der Waals surface area (Å²) in [6.07, 6.45) is 1.65. The fourth-order valence-corrected chi connectivity index (χ4v) is 4.15. The van der Waals surface area contributed by atoms with Crippen LogP contribution in [0.25, 0.3) is 22.4 Å². The van der Waals surface area contributed by atoms with Crippen molar-refractivity contribution < 1.29 is 9.32 Å². The Balaban J connectivity index is 1.10. The van der Waals surface area contributed by atoms with Crippen molar-refractivity contribution in [3.8, 4) is 11.4 Å². The highest BCUT2D eigenvalue weighted by atomic mass is 16.5. The molecule has 5 rings (SSSR count). The minimum absolute atomic E-state index is 0.00101. The van der Waals surface area contributed by atoms with E-state index in [4.69, 9.17) is 4.52 Å². The summed E-state index contributed by atoms with van der Waals surface area (Å²) >= 11 is 0. The maximum atomic E-state index is 12.6. The zero-order valence-corrected chi connectivity index (χ0v) is 18.0. The molecule has 1 aliphatic rings. The molecule has 3 heterocycles. The third-order valence-corrected chi connectivity index (χ3v) is 5.93. The fourth-order valence-electron chi connectivity index (χ4n) is 4.15. The Morgan fingerprint density at radius 3 is 2.78 bits per heavy atom. The quantitative estimate of drug-likeness (QED) is 0.486. The number of fused-ring (bicyclic) bond motifs is 1. The minimum atomic E-state index is 0.00101. The van der Waals surface area contributed by atoms with Crippen molar-refractivity contribution in [2.24, 2.45) is 5.92 Å². The van der Waals surface area contributed by atoms with Gasteiger partial charge in [-0.2, -0.15) is 4.98 Å². The molecule has 32 heavy (non-hydrogen) atoms. The molecule has 0 bridgehead atoms. The Morgan fingerprint density at radius 1 is 1.16 bits per heavy atom. The maximum Gasteiger partial charge on any atom is 0.246 e. The molecule has 1 aliphatic heterocycles. The topological polar surface area (TPSA) is 99.9 Å². The predicted molar refractivity (Wildman–Crippen MR) is 120 cm³/mol. The van der Waals surface area contributed by atoms with Crippen LogP contribution in [-0.2, 0) is 17.9 Å². The summed E-state index contributed by atoms with van der Waals surface area (Å²) in [4.78, 5) is 27.4. The van der Waals surface area contributed by atoms with Gasteiger partial charge in [-0.1, -0.05) is 41.6 Å². The lowest BCUT2D eigenvalue weighted by atomic mass is 9.96. The van der Waals surface area contributed by atoms with Gasteiger partial charge < -0.3 is 14.8 Å². The fraction of sp³-hybridized carbons (Fsp3) is 0.333. The van der Waals surface area contributed by atoms with E-state index in [9.17, 15) is 4.79 Å². The zero-order valence-electron chi connectivity index (χ0n) is 18.0. The lowest BCUT2D eigenvalue weighted by Crippen LogP contribution is -2.40. The summed E-state index contributed by atoms with van der Waals surface area (Å²) in [5.41, 5.74) is 4.18. The number of hydrogen-bond donors (Lipinski definition) is 2. The number of aromatic amines is 1. The molecule has 1 amide bonds. The SMILES string of the molecule is Cc1ccc2nc(CN3CCC(C(=O)NCc4nc(-c5ccccc5)no4)CC3)[nH]c2c1. The highest BCUT2D eigenvalue weighted by molar-refractivity contribution is 5.78. The van der Waals surface area contributed by atoms with Crippen LogP contribution < -0.4 is 5.32 Å². The molecule has 0 saturated carbocycles. The van der Waals surface area contributed by atoms with E-state index in [-0.39, 0.29) is 18.4 Å². The van der Waals surface area contributed by atoms with Crippen molar-refractivity contribution in [3.63, 3.8) is 0 Å². The second-order valence-electron chi connectivity index (χ2n) is 8.35. The number of carbonyl (C=O) groups is 1. The Morgan fingerprint density at radius 2 is 1.97 bits per heavy atom. The highest BCUT2D eigenvalue weighted by Crippen LogP contribution is 2.21. The monoisotopic (exact) mass is 430 g/mol. The van der Waals surface area contributed by atoms with E-state index in [1.54, 1.807) is 0 Å². The van der Waals surface area contributed by atoms with Crippen LogP contribution >= 0.6 is 0 Å². The standard InChI is InChI=1S/C24H26N6O2/c1-16-7-8-19-20(13-16)27-21(26-19)15-30-11-9-18(10-12-30)24(31)25-14-22-28-23(29-32-22)17-5-3-2-4-6-17/h2-8,13,18H,9-12,14-15H2,1H3,(H,25,31)(H,26,27). The second-order valence-corrected chi connectivity index (χ2v) is 8.35. The molecule has 0 unspecified atom stereocenters. The molecule has 4 aromatic rings. The summed E-state index contributed by atoms with van der Waals surface area (Å²) in [5.74, 6) is 1.96. The summed E-state index contributed by atoms with van der Waals surface area (Å²) in [6, 6.07) is 15.9. The third-order valence-electron chi connectivity index (χ3n) is 5.93. The first-order valence-corrected chi connectivity index (χ1v) is 11.0. The van der Waals surface area contributed by atoms with Gasteiger partial charge in [0, 0.05) is 11.5 Å². The predicted octanol–water partition coefficient (Wildman–Crippen LogP) is 3.45. The van der Waals surface area contributed by atoms with Crippen LogP contribution in [-0.4, -0.2) is 44.0 Å². The van der Waals surface area contributed by atoms with Crippen LogP contribution in [0.2, 0.25) is 0 Å². The van der Waals surface area contributed by atoms with E-state index in [0.717, 1.165) is 54.9 Å². The lowest BCUT2D eigenvalue weighted by Gasteiger charge is -2.30. The highest BCUT2D eigenvalue weighted by Gasteiger charge is 2.25. The van der Waals surface area contributed by atoms with Crippen molar-refractivity contribution in [1.29, 1.82) is 0 Å². The number of hydrogen-bond acceptors (Lipinski definition) is 6. The molecule has 0 atom stereocenters. The number of aromatic nitrogens is 4. The molecule has 1 saturated heterocycles. The van der Waals surface area contributed by atoms with Crippen LogP contribution in [0.3, 0.4) is 0 Å². The second kappa shape index (κ2) is 8.92. The van der Waals surface area contributed by atoms with Gasteiger partial charge in [0.25, 0.3) is 0 Å². The van der Waals surface area contributed by atoms with Gasteiger partial charge in [-0.25, -0.2) is 4.98 Å². The van der Waals surface area contributed by atoms with Crippen LogP contribution in [0.15, 0.2) is 53.1 Å². The molecular formula is C24H26N6O2. The Bertz CT molecular complexity index is 1210. The van der Waals surface area contributed by atoms with E-state index in [1.807, 2.05) is 36.4 Å². The molecule has 0 radical (unpaired) electrons. The molecule has 8 heteroatoms. The van der Waals surface area contributed by atoms with Crippen molar-refractivity contribution in [2.75, 3.05) is 13.1 Å². The Kier molecular flexibility index (Phi) is 5.68. The summed E-state index contributed by atoms with van der Waals surface area (Å²) in [7, 11) is 0. The summed E-state index contributed by atoms with van der Waals surface area (Å²) in [5, 5.41) is 6.94. The Hall–Kier alpha value is -3.52. The molecule has 1 fully saturated rings. The van der Waals surface area contributed by atoms with Gasteiger partial charge in [0.2, 0.25) is 17.6 Å². The molecule has 8 nitrogen and oxygen atoms in total. The lowest BCUT2D eigenvalue weighted by molar-refractivity contribution is -0.126. The molecular weight excluding hydrogens is 404 g/mol. The number of imidazole rings is 1.